The van der Waals surface area contributed by atoms with E-state index in [9.17, 15) is 4.79 Å². The van der Waals surface area contributed by atoms with E-state index in [0.29, 0.717) is 13.1 Å². The van der Waals surface area contributed by atoms with Gasteiger partial charge in [-0.15, -0.1) is 0 Å². The fourth-order valence-electron chi connectivity index (χ4n) is 2.69. The SMILES string of the molecule is CC(CN)C(=O)NCC1(c2cccc(Br)c2)CCOCC1. The van der Waals surface area contributed by atoms with Crippen LogP contribution in [0.1, 0.15) is 25.3 Å². The molecule has 21 heavy (non-hydrogen) atoms. The number of rotatable bonds is 5. The molecular formula is C16H23BrN2O2. The van der Waals surface area contributed by atoms with Crippen molar-refractivity contribution in [2.45, 2.75) is 25.2 Å². The molecule has 1 aromatic rings. The maximum Gasteiger partial charge on any atom is 0.224 e. The molecule has 116 valence electrons. The molecule has 1 aliphatic heterocycles. The molecule has 1 aromatic carbocycles. The minimum absolute atomic E-state index is 0.0263. The first-order valence-corrected chi connectivity index (χ1v) is 8.18. The quantitative estimate of drug-likeness (QED) is 0.851. The van der Waals surface area contributed by atoms with Crippen molar-refractivity contribution in [3.05, 3.63) is 34.3 Å². The highest BCUT2D eigenvalue weighted by Crippen LogP contribution is 2.35. The lowest BCUT2D eigenvalue weighted by molar-refractivity contribution is -0.124. The second-order valence-electron chi connectivity index (χ2n) is 5.76. The number of hydrogen-bond donors (Lipinski definition) is 2. The molecule has 0 radical (unpaired) electrons. The molecule has 5 heteroatoms. The topological polar surface area (TPSA) is 64.4 Å². The van der Waals surface area contributed by atoms with Crippen LogP contribution in [0, 0.1) is 5.92 Å². The van der Waals surface area contributed by atoms with Gasteiger partial charge in [-0.05, 0) is 30.5 Å². The average Bonchev–Trinajstić information content (AvgIpc) is 2.52. The van der Waals surface area contributed by atoms with Gasteiger partial charge in [0.1, 0.15) is 0 Å². The van der Waals surface area contributed by atoms with Crippen molar-refractivity contribution in [1.29, 1.82) is 0 Å². The third kappa shape index (κ3) is 4.05. The highest BCUT2D eigenvalue weighted by atomic mass is 79.9. The van der Waals surface area contributed by atoms with E-state index in [1.165, 1.54) is 5.56 Å². The van der Waals surface area contributed by atoms with Crippen LogP contribution in [-0.4, -0.2) is 32.2 Å². The number of hydrogen-bond acceptors (Lipinski definition) is 3. The minimum Gasteiger partial charge on any atom is -0.381 e. The van der Waals surface area contributed by atoms with Crippen LogP contribution < -0.4 is 11.1 Å². The fraction of sp³-hybridized carbons (Fsp3) is 0.562. The van der Waals surface area contributed by atoms with Gasteiger partial charge >= 0.3 is 0 Å². The number of nitrogens with one attached hydrogen (secondary N) is 1. The zero-order chi connectivity index (χ0) is 15.3. The van der Waals surface area contributed by atoms with Crippen LogP contribution in [0.3, 0.4) is 0 Å². The zero-order valence-corrected chi connectivity index (χ0v) is 14.0. The van der Waals surface area contributed by atoms with Crippen molar-refractivity contribution in [2.75, 3.05) is 26.3 Å². The number of carbonyl (C=O) groups excluding carboxylic acids is 1. The van der Waals surface area contributed by atoms with Crippen LogP contribution in [0.25, 0.3) is 0 Å². The number of ether oxygens (including phenoxy) is 1. The Bertz CT molecular complexity index is 487. The molecule has 1 atom stereocenters. The third-order valence-corrected chi connectivity index (χ3v) is 4.78. The van der Waals surface area contributed by atoms with Gasteiger partial charge in [0.25, 0.3) is 0 Å². The normalized spacial score (nSPS) is 19.0. The Morgan fingerprint density at radius 1 is 1.48 bits per heavy atom. The summed E-state index contributed by atoms with van der Waals surface area (Å²) in [6.45, 7) is 4.32. The van der Waals surface area contributed by atoms with Gasteiger partial charge in [-0.25, -0.2) is 0 Å². The number of amides is 1. The second kappa shape index (κ2) is 7.38. The average molecular weight is 355 g/mol. The van der Waals surface area contributed by atoms with Crippen molar-refractivity contribution in [3.63, 3.8) is 0 Å². The molecule has 3 N–H and O–H groups in total. The van der Waals surface area contributed by atoms with Gasteiger partial charge in [0.2, 0.25) is 5.91 Å². The monoisotopic (exact) mass is 354 g/mol. The summed E-state index contributed by atoms with van der Waals surface area (Å²) in [5, 5.41) is 3.07. The van der Waals surface area contributed by atoms with E-state index in [2.05, 4.69) is 33.4 Å². The summed E-state index contributed by atoms with van der Waals surface area (Å²) in [4.78, 5) is 12.0. The maximum atomic E-state index is 12.0. The Balaban J connectivity index is 2.16. The smallest absolute Gasteiger partial charge is 0.224 e. The molecule has 1 heterocycles. The van der Waals surface area contributed by atoms with E-state index in [0.717, 1.165) is 30.5 Å². The van der Waals surface area contributed by atoms with Crippen LogP contribution in [0.2, 0.25) is 0 Å². The van der Waals surface area contributed by atoms with E-state index in [1.807, 2.05) is 19.1 Å². The van der Waals surface area contributed by atoms with Crippen LogP contribution in [0.5, 0.6) is 0 Å². The second-order valence-corrected chi connectivity index (χ2v) is 6.67. The van der Waals surface area contributed by atoms with Gasteiger partial charge in [0, 0.05) is 42.1 Å². The predicted molar refractivity (Wildman–Crippen MR) is 87.1 cm³/mol. The number of benzene rings is 1. The van der Waals surface area contributed by atoms with Gasteiger partial charge in [-0.3, -0.25) is 4.79 Å². The molecular weight excluding hydrogens is 332 g/mol. The Kier molecular flexibility index (Phi) is 5.79. The number of halogens is 1. The molecule has 1 saturated heterocycles. The third-order valence-electron chi connectivity index (χ3n) is 4.29. The number of nitrogens with two attached hydrogens (primary N) is 1. The van der Waals surface area contributed by atoms with E-state index >= 15 is 0 Å². The lowest BCUT2D eigenvalue weighted by atomic mass is 9.74. The standard InChI is InChI=1S/C16H23BrN2O2/c1-12(10-18)15(20)19-11-16(5-7-21-8-6-16)13-3-2-4-14(17)9-13/h2-4,9,12H,5-8,10-11,18H2,1H3,(H,19,20). The first kappa shape index (κ1) is 16.5. The Morgan fingerprint density at radius 2 is 2.19 bits per heavy atom. The lowest BCUT2D eigenvalue weighted by Crippen LogP contribution is -2.46. The zero-order valence-electron chi connectivity index (χ0n) is 12.4. The Labute approximate surface area is 134 Å². The highest BCUT2D eigenvalue weighted by molar-refractivity contribution is 9.10. The molecule has 0 bridgehead atoms. The summed E-state index contributed by atoms with van der Waals surface area (Å²) >= 11 is 3.53. The maximum absolute atomic E-state index is 12.0. The number of carbonyl (C=O) groups is 1. The summed E-state index contributed by atoms with van der Waals surface area (Å²) in [6.07, 6.45) is 1.83. The summed E-state index contributed by atoms with van der Waals surface area (Å²) in [7, 11) is 0. The predicted octanol–water partition coefficient (Wildman–Crippen LogP) is 2.21. The molecule has 1 unspecified atom stereocenters. The van der Waals surface area contributed by atoms with Gasteiger partial charge in [-0.1, -0.05) is 35.0 Å². The van der Waals surface area contributed by atoms with Crippen molar-refractivity contribution in [3.8, 4) is 0 Å². The highest BCUT2D eigenvalue weighted by Gasteiger charge is 2.35. The van der Waals surface area contributed by atoms with Crippen molar-refractivity contribution >= 4 is 21.8 Å². The molecule has 1 amide bonds. The lowest BCUT2D eigenvalue weighted by Gasteiger charge is -2.38. The van der Waals surface area contributed by atoms with Crippen LogP contribution in [0.4, 0.5) is 0 Å². The first-order valence-electron chi connectivity index (χ1n) is 7.39. The Morgan fingerprint density at radius 3 is 2.81 bits per heavy atom. The van der Waals surface area contributed by atoms with E-state index < -0.39 is 0 Å². The largest absolute Gasteiger partial charge is 0.381 e. The Hall–Kier alpha value is -0.910. The summed E-state index contributed by atoms with van der Waals surface area (Å²) in [6, 6.07) is 8.34. The fourth-order valence-corrected chi connectivity index (χ4v) is 3.08. The first-order chi connectivity index (χ1) is 10.1. The molecule has 0 aromatic heterocycles. The molecule has 2 rings (SSSR count). The van der Waals surface area contributed by atoms with E-state index in [-0.39, 0.29) is 17.2 Å². The van der Waals surface area contributed by atoms with Crippen LogP contribution in [0.15, 0.2) is 28.7 Å². The summed E-state index contributed by atoms with van der Waals surface area (Å²) in [5.74, 6) is -0.122. The van der Waals surface area contributed by atoms with E-state index in [1.54, 1.807) is 0 Å². The van der Waals surface area contributed by atoms with Crippen molar-refractivity contribution < 1.29 is 9.53 Å². The molecule has 1 aliphatic rings. The summed E-state index contributed by atoms with van der Waals surface area (Å²) < 4.78 is 6.57. The molecule has 1 fully saturated rings. The minimum atomic E-state index is -0.149. The van der Waals surface area contributed by atoms with Crippen molar-refractivity contribution in [1.82, 2.24) is 5.32 Å². The van der Waals surface area contributed by atoms with Crippen molar-refractivity contribution in [2.24, 2.45) is 11.7 Å². The van der Waals surface area contributed by atoms with E-state index in [4.69, 9.17) is 10.5 Å². The molecule has 4 nitrogen and oxygen atoms in total. The van der Waals surface area contributed by atoms with Gasteiger partial charge in [0.15, 0.2) is 0 Å². The van der Waals surface area contributed by atoms with Crippen LogP contribution in [-0.2, 0) is 14.9 Å². The molecule has 0 spiro atoms. The molecule has 0 aliphatic carbocycles. The molecule has 0 saturated carbocycles. The summed E-state index contributed by atoms with van der Waals surface area (Å²) in [5.41, 5.74) is 6.76. The van der Waals surface area contributed by atoms with Gasteiger partial charge < -0.3 is 15.8 Å². The van der Waals surface area contributed by atoms with Gasteiger partial charge in [-0.2, -0.15) is 0 Å². The van der Waals surface area contributed by atoms with Gasteiger partial charge in [0.05, 0.1) is 0 Å². The van der Waals surface area contributed by atoms with Crippen LogP contribution >= 0.6 is 15.9 Å².